The Morgan fingerprint density at radius 1 is 0.531 bits per heavy atom. The van der Waals surface area contributed by atoms with E-state index in [9.17, 15) is 52.5 Å². The molecule has 0 saturated carbocycles. The quantitative estimate of drug-likeness (QED) is 0.0853. The van der Waals surface area contributed by atoms with Crippen molar-refractivity contribution in [3.05, 3.63) is 118 Å². The van der Waals surface area contributed by atoms with Gasteiger partial charge in [-0.3, -0.25) is 4.79 Å². The topological polar surface area (TPSA) is 205 Å². The highest BCUT2D eigenvalue weighted by Crippen LogP contribution is 2.49. The molecule has 0 aromatic heterocycles. The predicted molar refractivity (Wildman–Crippen MR) is 148 cm³/mol. The van der Waals surface area contributed by atoms with Gasteiger partial charge in [0, 0.05) is 5.56 Å². The Labute approximate surface area is 267 Å². The minimum Gasteiger partial charge on any atom is -0.480 e. The molecule has 12 nitrogen and oxygen atoms in total. The number of rotatable bonds is 11. The third-order valence-corrected chi connectivity index (χ3v) is 6.91. The van der Waals surface area contributed by atoms with Crippen LogP contribution in [0.25, 0.3) is 0 Å². The maximum Gasteiger partial charge on any atom is 0.413 e. The van der Waals surface area contributed by atoms with Gasteiger partial charge in [0.1, 0.15) is 17.2 Å². The van der Waals surface area contributed by atoms with Crippen molar-refractivity contribution in [2.24, 2.45) is 0 Å². The molecule has 0 heterocycles. The molecule has 0 bridgehead atoms. The molecule has 0 aliphatic carbocycles. The van der Waals surface area contributed by atoms with Crippen molar-refractivity contribution in [2.45, 2.75) is 11.6 Å². The summed E-state index contributed by atoms with van der Waals surface area (Å²) in [4.78, 5) is 57.7. The van der Waals surface area contributed by atoms with Crippen molar-refractivity contribution in [3.63, 3.8) is 0 Å². The Morgan fingerprint density at radius 2 is 0.959 bits per heavy atom. The van der Waals surface area contributed by atoms with Gasteiger partial charge in [0.15, 0.2) is 11.6 Å². The molecule has 4 aromatic rings. The normalized spacial score (nSPS) is 12.4. The van der Waals surface area contributed by atoms with Crippen molar-refractivity contribution in [3.8, 4) is 23.0 Å². The van der Waals surface area contributed by atoms with Crippen molar-refractivity contribution in [1.29, 1.82) is 0 Å². The summed E-state index contributed by atoms with van der Waals surface area (Å²) in [5.41, 5.74) is -10.9. The zero-order valence-corrected chi connectivity index (χ0v) is 23.7. The van der Waals surface area contributed by atoms with E-state index in [1.54, 1.807) is 0 Å². The lowest BCUT2D eigenvalue weighted by Crippen LogP contribution is -2.51. The molecular weight excluding hydrogens is 678 g/mol. The Kier molecular flexibility index (Phi) is 9.28. The molecule has 0 amide bonds. The molecule has 4 rings (SSSR count). The minimum atomic E-state index is -5.99. The summed E-state index contributed by atoms with van der Waals surface area (Å²) in [6.07, 6.45) is -5.99. The number of alkyl halides is 3. The van der Waals surface area contributed by atoms with Crippen LogP contribution in [0.2, 0.25) is 0 Å². The van der Waals surface area contributed by atoms with E-state index >= 15 is 13.2 Å². The first kappa shape index (κ1) is 35.3. The van der Waals surface area contributed by atoms with Gasteiger partial charge in [-0.15, -0.1) is 0 Å². The summed E-state index contributed by atoms with van der Waals surface area (Å²) in [7, 11) is 0. The standard InChI is InChI=1S/C31H16F6O12/c32-21-11-20(22(33)23(34)24(21)49-15-6-8-17(26(40)41)19(10-15)28(44)45)30(29(46)47,31(35,36)37)12-1-3-13(4-2-12)48-14-5-7-16(25(38)39)18(9-14)27(42)43/h1-11H,(H,38,39)(H,40,41)(H,42,43)(H,44,45)(H,46,47). The predicted octanol–water partition coefficient (Wildman–Crippen LogP) is 6.41. The summed E-state index contributed by atoms with van der Waals surface area (Å²) in [6, 6.07) is 6.62. The van der Waals surface area contributed by atoms with Gasteiger partial charge in [-0.05, 0) is 60.2 Å². The lowest BCUT2D eigenvalue weighted by atomic mass is 9.73. The van der Waals surface area contributed by atoms with Crippen LogP contribution in [0.3, 0.4) is 0 Å². The molecule has 1 unspecified atom stereocenters. The fourth-order valence-electron chi connectivity index (χ4n) is 4.70. The fourth-order valence-corrected chi connectivity index (χ4v) is 4.70. The lowest BCUT2D eigenvalue weighted by molar-refractivity contribution is -0.196. The number of benzene rings is 4. The van der Waals surface area contributed by atoms with Crippen LogP contribution in [0.15, 0.2) is 66.7 Å². The molecule has 0 aliphatic heterocycles. The first-order chi connectivity index (χ1) is 22.8. The van der Waals surface area contributed by atoms with E-state index in [1.807, 2.05) is 0 Å². The van der Waals surface area contributed by atoms with E-state index in [1.165, 1.54) is 0 Å². The van der Waals surface area contributed by atoms with Crippen molar-refractivity contribution in [1.82, 2.24) is 0 Å². The SMILES string of the molecule is O=C(O)c1ccc(Oc2ccc(C(C(=O)O)(c3cc(F)c(Oc4ccc(C(=O)O)c(C(=O)O)c4)c(F)c3F)C(F)(F)F)cc2)cc1C(=O)O. The number of carboxylic acid groups (broad SMARTS) is 5. The maximum absolute atomic E-state index is 15.5. The van der Waals surface area contributed by atoms with Crippen molar-refractivity contribution < 1.29 is 85.3 Å². The summed E-state index contributed by atoms with van der Waals surface area (Å²) in [5.74, 6) is -19.8. The highest BCUT2D eigenvalue weighted by atomic mass is 19.4. The zero-order chi connectivity index (χ0) is 36.6. The first-order valence-electron chi connectivity index (χ1n) is 13.0. The van der Waals surface area contributed by atoms with Gasteiger partial charge in [0.05, 0.1) is 22.3 Å². The third-order valence-electron chi connectivity index (χ3n) is 6.91. The van der Waals surface area contributed by atoms with Gasteiger partial charge in [-0.1, -0.05) is 12.1 Å². The van der Waals surface area contributed by atoms with Crippen LogP contribution in [0.4, 0.5) is 26.3 Å². The second kappa shape index (κ2) is 12.9. The number of halogens is 6. The number of aromatic carboxylic acids is 4. The maximum atomic E-state index is 15.5. The van der Waals surface area contributed by atoms with Crippen molar-refractivity contribution >= 4 is 29.8 Å². The van der Waals surface area contributed by atoms with Crippen LogP contribution in [0.1, 0.15) is 52.6 Å². The Morgan fingerprint density at radius 3 is 1.37 bits per heavy atom. The number of ether oxygens (including phenoxy) is 2. The molecule has 0 spiro atoms. The number of aliphatic carboxylic acids is 1. The smallest absolute Gasteiger partial charge is 0.413 e. The first-order valence-corrected chi connectivity index (χ1v) is 13.0. The molecule has 1 atom stereocenters. The van der Waals surface area contributed by atoms with Crippen LogP contribution >= 0.6 is 0 Å². The second-order valence-electron chi connectivity index (χ2n) is 9.78. The minimum absolute atomic E-state index is 0.291. The molecule has 0 fully saturated rings. The van der Waals surface area contributed by atoms with E-state index in [-0.39, 0.29) is 17.6 Å². The van der Waals surface area contributed by atoms with Gasteiger partial charge in [-0.2, -0.15) is 17.6 Å². The summed E-state index contributed by atoms with van der Waals surface area (Å²) in [5, 5.41) is 46.6. The molecule has 5 N–H and O–H groups in total. The van der Waals surface area contributed by atoms with Crippen molar-refractivity contribution in [2.75, 3.05) is 0 Å². The average Bonchev–Trinajstić information content (AvgIpc) is 3.01. The van der Waals surface area contributed by atoms with Gasteiger partial charge in [-0.25, -0.2) is 28.0 Å². The van der Waals surface area contributed by atoms with E-state index < -0.39 is 104 Å². The Balaban J connectivity index is 1.80. The second-order valence-corrected chi connectivity index (χ2v) is 9.78. The fraction of sp³-hybridized carbons (Fsp3) is 0.0645. The molecular formula is C31H16F6O12. The average molecular weight is 694 g/mol. The molecule has 4 aromatic carbocycles. The molecule has 0 aliphatic rings. The number of carbonyl (C=O) groups is 5. The van der Waals surface area contributed by atoms with Crippen LogP contribution in [0, 0.1) is 17.5 Å². The monoisotopic (exact) mass is 694 g/mol. The molecule has 18 heteroatoms. The summed E-state index contributed by atoms with van der Waals surface area (Å²) >= 11 is 0. The molecule has 254 valence electrons. The van der Waals surface area contributed by atoms with E-state index in [2.05, 4.69) is 0 Å². The number of hydrogen-bond acceptors (Lipinski definition) is 7. The third kappa shape index (κ3) is 6.38. The highest BCUT2D eigenvalue weighted by Gasteiger charge is 2.65. The number of carboxylic acids is 5. The van der Waals surface area contributed by atoms with E-state index in [0.29, 0.717) is 30.3 Å². The van der Waals surface area contributed by atoms with Crippen LogP contribution in [-0.4, -0.2) is 61.6 Å². The van der Waals surface area contributed by atoms with Gasteiger partial charge >= 0.3 is 36.0 Å². The van der Waals surface area contributed by atoms with Crippen LogP contribution in [-0.2, 0) is 10.2 Å². The molecule has 49 heavy (non-hydrogen) atoms. The summed E-state index contributed by atoms with van der Waals surface area (Å²) in [6.45, 7) is 0. The van der Waals surface area contributed by atoms with Crippen LogP contribution < -0.4 is 9.47 Å². The Hall–Kier alpha value is -6.59. The Bertz CT molecular complexity index is 2040. The van der Waals surface area contributed by atoms with Gasteiger partial charge in [0.25, 0.3) is 0 Å². The highest BCUT2D eigenvalue weighted by molar-refractivity contribution is 6.02. The lowest BCUT2D eigenvalue weighted by Gasteiger charge is -2.33. The van der Waals surface area contributed by atoms with Gasteiger partial charge in [0.2, 0.25) is 17.0 Å². The zero-order valence-electron chi connectivity index (χ0n) is 23.7. The largest absolute Gasteiger partial charge is 0.480 e. The van der Waals surface area contributed by atoms with Gasteiger partial charge < -0.3 is 35.0 Å². The number of hydrogen-bond donors (Lipinski definition) is 5. The van der Waals surface area contributed by atoms with E-state index in [0.717, 1.165) is 30.3 Å². The molecule has 0 saturated heterocycles. The molecule has 0 radical (unpaired) electrons. The summed E-state index contributed by atoms with van der Waals surface area (Å²) < 4.78 is 100. The van der Waals surface area contributed by atoms with E-state index in [4.69, 9.17) is 19.7 Å². The van der Waals surface area contributed by atoms with Crippen LogP contribution in [0.5, 0.6) is 23.0 Å².